The van der Waals surface area contributed by atoms with Crippen molar-refractivity contribution in [3.63, 3.8) is 0 Å². The van der Waals surface area contributed by atoms with E-state index in [0.717, 1.165) is 5.56 Å². The number of carbonyl (C=O) groups excluding carboxylic acids is 1. The number of nitrogens with one attached hydrogen (secondary N) is 1. The van der Waals surface area contributed by atoms with E-state index < -0.39 is 11.7 Å². The summed E-state index contributed by atoms with van der Waals surface area (Å²) in [7, 11) is 1.52. The summed E-state index contributed by atoms with van der Waals surface area (Å²) < 4.78 is 24.3. The second kappa shape index (κ2) is 8.36. The van der Waals surface area contributed by atoms with Gasteiger partial charge in [-0.15, -0.1) is 6.58 Å². The third kappa shape index (κ3) is 4.73. The number of halogens is 2. The van der Waals surface area contributed by atoms with E-state index in [9.17, 15) is 9.18 Å². The Kier molecular flexibility index (Phi) is 6.21. The molecule has 0 spiro atoms. The Morgan fingerprint density at radius 2 is 2.08 bits per heavy atom. The molecule has 0 aliphatic rings. The van der Waals surface area contributed by atoms with Gasteiger partial charge in [-0.25, -0.2) is 4.39 Å². The van der Waals surface area contributed by atoms with Gasteiger partial charge in [0, 0.05) is 5.02 Å². The van der Waals surface area contributed by atoms with Crippen LogP contribution in [0.15, 0.2) is 49.1 Å². The average Bonchev–Trinajstić information content (AvgIpc) is 2.57. The minimum atomic E-state index is -0.570. The molecule has 0 aliphatic heterocycles. The number of benzene rings is 2. The van der Waals surface area contributed by atoms with Crippen molar-refractivity contribution in [2.24, 2.45) is 0 Å². The third-order valence-corrected chi connectivity index (χ3v) is 3.40. The number of amides is 1. The maximum Gasteiger partial charge on any atom is 0.262 e. The van der Waals surface area contributed by atoms with Crippen LogP contribution in [0.25, 0.3) is 0 Å². The van der Waals surface area contributed by atoms with Gasteiger partial charge in [-0.1, -0.05) is 23.7 Å². The Labute approximate surface area is 144 Å². The summed E-state index contributed by atoms with van der Waals surface area (Å²) in [5, 5.41) is 2.74. The molecule has 2 rings (SSSR count). The van der Waals surface area contributed by atoms with Gasteiger partial charge >= 0.3 is 0 Å². The van der Waals surface area contributed by atoms with Crippen molar-refractivity contribution in [3.05, 3.63) is 65.5 Å². The topological polar surface area (TPSA) is 47.6 Å². The molecule has 0 unspecified atom stereocenters. The SMILES string of the molecule is C=CCc1ccc(OCC(=O)Nc2cc(Cl)ccc2F)c(OC)c1. The molecule has 6 heteroatoms. The molecule has 126 valence electrons. The first kappa shape index (κ1) is 17.8. The summed E-state index contributed by atoms with van der Waals surface area (Å²) in [5.41, 5.74) is 1.02. The molecule has 24 heavy (non-hydrogen) atoms. The summed E-state index contributed by atoms with van der Waals surface area (Å²) in [6.45, 7) is 3.39. The molecule has 2 aromatic carbocycles. The van der Waals surface area contributed by atoms with Crippen molar-refractivity contribution in [1.82, 2.24) is 0 Å². The first-order chi connectivity index (χ1) is 11.5. The molecule has 4 nitrogen and oxygen atoms in total. The summed E-state index contributed by atoms with van der Waals surface area (Å²) in [6, 6.07) is 9.29. The van der Waals surface area contributed by atoms with Crippen LogP contribution in [-0.4, -0.2) is 19.6 Å². The number of ether oxygens (including phenoxy) is 2. The van der Waals surface area contributed by atoms with Gasteiger partial charge in [0.05, 0.1) is 12.8 Å². The molecule has 2 aromatic rings. The van der Waals surface area contributed by atoms with E-state index in [1.165, 1.54) is 25.3 Å². The highest BCUT2D eigenvalue weighted by atomic mass is 35.5. The minimum Gasteiger partial charge on any atom is -0.493 e. The van der Waals surface area contributed by atoms with Crippen LogP contribution in [0.1, 0.15) is 5.56 Å². The van der Waals surface area contributed by atoms with Crippen LogP contribution < -0.4 is 14.8 Å². The van der Waals surface area contributed by atoms with E-state index in [2.05, 4.69) is 11.9 Å². The number of carbonyl (C=O) groups is 1. The second-order valence-electron chi connectivity index (χ2n) is 4.94. The fourth-order valence-electron chi connectivity index (χ4n) is 2.05. The van der Waals surface area contributed by atoms with E-state index in [-0.39, 0.29) is 12.3 Å². The van der Waals surface area contributed by atoms with E-state index in [4.69, 9.17) is 21.1 Å². The van der Waals surface area contributed by atoms with Gasteiger partial charge in [-0.3, -0.25) is 4.79 Å². The van der Waals surface area contributed by atoms with Crippen molar-refractivity contribution >= 4 is 23.2 Å². The van der Waals surface area contributed by atoms with E-state index in [1.54, 1.807) is 12.1 Å². The minimum absolute atomic E-state index is 0.00407. The molecule has 0 saturated carbocycles. The van der Waals surface area contributed by atoms with Crippen LogP contribution in [0, 0.1) is 5.82 Å². The summed E-state index contributed by atoms with van der Waals surface area (Å²) in [6.07, 6.45) is 2.48. The number of hydrogen-bond donors (Lipinski definition) is 1. The van der Waals surface area contributed by atoms with E-state index in [1.807, 2.05) is 12.1 Å². The Bertz CT molecular complexity index is 749. The molecule has 0 aliphatic carbocycles. The predicted octanol–water partition coefficient (Wildman–Crippen LogP) is 4.23. The first-order valence-electron chi connectivity index (χ1n) is 7.19. The lowest BCUT2D eigenvalue weighted by Gasteiger charge is -2.12. The predicted molar refractivity (Wildman–Crippen MR) is 92.4 cm³/mol. The Hall–Kier alpha value is -2.53. The Morgan fingerprint density at radius 1 is 1.29 bits per heavy atom. The van der Waals surface area contributed by atoms with Crippen molar-refractivity contribution in [3.8, 4) is 11.5 Å². The molecule has 0 atom stereocenters. The third-order valence-electron chi connectivity index (χ3n) is 3.17. The largest absolute Gasteiger partial charge is 0.493 e. The number of allylic oxidation sites excluding steroid dienone is 1. The standard InChI is InChI=1S/C18H17ClFNO3/c1-3-4-12-5-8-16(17(9-12)23-2)24-11-18(22)21-15-10-13(19)6-7-14(15)20/h3,5-10H,1,4,11H2,2H3,(H,21,22). The number of methoxy groups -OCH3 is 1. The maximum atomic E-state index is 13.6. The lowest BCUT2D eigenvalue weighted by atomic mass is 10.1. The smallest absolute Gasteiger partial charge is 0.262 e. The van der Waals surface area contributed by atoms with Crippen LogP contribution in [0.3, 0.4) is 0 Å². The van der Waals surface area contributed by atoms with Crippen molar-refractivity contribution in [2.45, 2.75) is 6.42 Å². The number of rotatable bonds is 7. The average molecular weight is 350 g/mol. The molecule has 0 aromatic heterocycles. The first-order valence-corrected chi connectivity index (χ1v) is 7.56. The molecular weight excluding hydrogens is 333 g/mol. The van der Waals surface area contributed by atoms with Crippen LogP contribution >= 0.6 is 11.6 Å². The molecule has 0 heterocycles. The summed E-state index contributed by atoms with van der Waals surface area (Å²) in [5.74, 6) is -0.143. The fourth-order valence-corrected chi connectivity index (χ4v) is 2.22. The van der Waals surface area contributed by atoms with Gasteiger partial charge in [-0.2, -0.15) is 0 Å². The van der Waals surface area contributed by atoms with Gasteiger partial charge in [-0.05, 0) is 42.3 Å². The molecule has 1 N–H and O–H groups in total. The van der Waals surface area contributed by atoms with Gasteiger partial charge < -0.3 is 14.8 Å². The van der Waals surface area contributed by atoms with E-state index >= 15 is 0 Å². The summed E-state index contributed by atoms with van der Waals surface area (Å²) >= 11 is 5.78. The highest BCUT2D eigenvalue weighted by Crippen LogP contribution is 2.28. The van der Waals surface area contributed by atoms with Crippen LogP contribution in [-0.2, 0) is 11.2 Å². The molecule has 0 radical (unpaired) electrons. The van der Waals surface area contributed by atoms with E-state index in [0.29, 0.717) is 22.9 Å². The zero-order chi connectivity index (χ0) is 17.5. The maximum absolute atomic E-state index is 13.6. The van der Waals surface area contributed by atoms with Crippen LogP contribution in [0.2, 0.25) is 5.02 Å². The van der Waals surface area contributed by atoms with Crippen molar-refractivity contribution in [1.29, 1.82) is 0 Å². The van der Waals surface area contributed by atoms with Crippen LogP contribution in [0.4, 0.5) is 10.1 Å². The normalized spacial score (nSPS) is 10.1. The van der Waals surface area contributed by atoms with Gasteiger partial charge in [0.2, 0.25) is 0 Å². The monoisotopic (exact) mass is 349 g/mol. The summed E-state index contributed by atoms with van der Waals surface area (Å²) in [4.78, 5) is 11.9. The lowest BCUT2D eigenvalue weighted by molar-refractivity contribution is -0.118. The fraction of sp³-hybridized carbons (Fsp3) is 0.167. The molecule has 0 fully saturated rings. The van der Waals surface area contributed by atoms with Crippen molar-refractivity contribution < 1.29 is 18.7 Å². The van der Waals surface area contributed by atoms with Gasteiger partial charge in [0.25, 0.3) is 5.91 Å². The Morgan fingerprint density at radius 3 is 2.79 bits per heavy atom. The molecule has 1 amide bonds. The van der Waals surface area contributed by atoms with Crippen molar-refractivity contribution in [2.75, 3.05) is 19.0 Å². The molecule has 0 bridgehead atoms. The molecular formula is C18H17ClFNO3. The quantitative estimate of drug-likeness (QED) is 0.761. The van der Waals surface area contributed by atoms with Crippen LogP contribution in [0.5, 0.6) is 11.5 Å². The zero-order valence-electron chi connectivity index (χ0n) is 13.1. The van der Waals surface area contributed by atoms with Gasteiger partial charge in [0.15, 0.2) is 18.1 Å². The lowest BCUT2D eigenvalue weighted by Crippen LogP contribution is -2.21. The zero-order valence-corrected chi connectivity index (χ0v) is 13.9. The Balaban J connectivity index is 2.01. The highest BCUT2D eigenvalue weighted by molar-refractivity contribution is 6.30. The van der Waals surface area contributed by atoms with Gasteiger partial charge in [0.1, 0.15) is 5.82 Å². The molecule has 0 saturated heterocycles. The second-order valence-corrected chi connectivity index (χ2v) is 5.38. The number of anilines is 1. The number of hydrogen-bond acceptors (Lipinski definition) is 3. The highest BCUT2D eigenvalue weighted by Gasteiger charge is 2.11.